The van der Waals surface area contributed by atoms with Gasteiger partial charge in [0, 0.05) is 13.2 Å². The first-order chi connectivity index (χ1) is 11.4. The van der Waals surface area contributed by atoms with E-state index in [0.29, 0.717) is 17.9 Å². The third-order valence-electron chi connectivity index (χ3n) is 4.00. The number of benzene rings is 1. The number of nitrogens with one attached hydrogen (secondary N) is 1. The standard InChI is InChI=1S/C16H18N6O/c1-2-5-12(6-3-1)10-22-16-14(20-21-22)15(18-11-19-16)17-9-13-7-4-8-23-13/h1-3,5-6,11,13H,4,7-10H2,(H,17,18,19)/t13-/m1/s1. The van der Waals surface area contributed by atoms with Gasteiger partial charge in [0.15, 0.2) is 17.0 Å². The highest BCUT2D eigenvalue weighted by atomic mass is 16.5. The maximum absolute atomic E-state index is 5.62. The van der Waals surface area contributed by atoms with Crippen LogP contribution in [-0.4, -0.2) is 44.2 Å². The molecule has 1 aliphatic rings. The van der Waals surface area contributed by atoms with Gasteiger partial charge < -0.3 is 10.1 Å². The monoisotopic (exact) mass is 310 g/mol. The molecule has 1 atom stereocenters. The minimum Gasteiger partial charge on any atom is -0.376 e. The zero-order chi connectivity index (χ0) is 15.5. The van der Waals surface area contributed by atoms with Gasteiger partial charge in [-0.3, -0.25) is 0 Å². The molecule has 4 rings (SSSR count). The number of fused-ring (bicyclic) bond motifs is 1. The molecule has 1 aromatic carbocycles. The van der Waals surface area contributed by atoms with Crippen molar-refractivity contribution in [3.63, 3.8) is 0 Å². The van der Waals surface area contributed by atoms with Crippen LogP contribution in [0, 0.1) is 0 Å². The Morgan fingerprint density at radius 3 is 2.96 bits per heavy atom. The van der Waals surface area contributed by atoms with Gasteiger partial charge in [0.25, 0.3) is 0 Å². The lowest BCUT2D eigenvalue weighted by atomic mass is 10.2. The van der Waals surface area contributed by atoms with Crippen molar-refractivity contribution >= 4 is 17.0 Å². The Hall–Kier alpha value is -2.54. The summed E-state index contributed by atoms with van der Waals surface area (Å²) in [5.41, 5.74) is 2.59. The molecule has 0 amide bonds. The zero-order valence-electron chi connectivity index (χ0n) is 12.7. The Balaban J connectivity index is 1.56. The molecule has 7 nitrogen and oxygen atoms in total. The van der Waals surface area contributed by atoms with Crippen LogP contribution < -0.4 is 5.32 Å². The minimum absolute atomic E-state index is 0.249. The molecule has 0 saturated carbocycles. The lowest BCUT2D eigenvalue weighted by Gasteiger charge is -2.11. The van der Waals surface area contributed by atoms with Gasteiger partial charge in [-0.1, -0.05) is 35.5 Å². The summed E-state index contributed by atoms with van der Waals surface area (Å²) >= 11 is 0. The van der Waals surface area contributed by atoms with Crippen molar-refractivity contribution in [2.45, 2.75) is 25.5 Å². The van der Waals surface area contributed by atoms with Crippen molar-refractivity contribution < 1.29 is 4.74 Å². The van der Waals surface area contributed by atoms with Gasteiger partial charge in [-0.25, -0.2) is 14.6 Å². The van der Waals surface area contributed by atoms with E-state index in [9.17, 15) is 0 Å². The maximum Gasteiger partial charge on any atom is 0.184 e. The van der Waals surface area contributed by atoms with Crippen molar-refractivity contribution in [2.75, 3.05) is 18.5 Å². The smallest absolute Gasteiger partial charge is 0.184 e. The molecular weight excluding hydrogens is 292 g/mol. The van der Waals surface area contributed by atoms with E-state index < -0.39 is 0 Å². The van der Waals surface area contributed by atoms with Crippen LogP contribution in [0.4, 0.5) is 5.82 Å². The van der Waals surface area contributed by atoms with Crippen LogP contribution >= 0.6 is 0 Å². The van der Waals surface area contributed by atoms with Crippen LogP contribution in [0.15, 0.2) is 36.7 Å². The van der Waals surface area contributed by atoms with Crippen molar-refractivity contribution in [2.24, 2.45) is 0 Å². The Labute approximate surface area is 133 Å². The van der Waals surface area contributed by atoms with E-state index in [1.807, 2.05) is 18.2 Å². The Kier molecular flexibility index (Phi) is 3.85. The second-order valence-electron chi connectivity index (χ2n) is 5.64. The van der Waals surface area contributed by atoms with Crippen molar-refractivity contribution in [3.05, 3.63) is 42.2 Å². The lowest BCUT2D eigenvalue weighted by Crippen LogP contribution is -2.19. The molecule has 0 bridgehead atoms. The number of rotatable bonds is 5. The van der Waals surface area contributed by atoms with Crippen molar-refractivity contribution in [1.29, 1.82) is 0 Å². The first-order valence-corrected chi connectivity index (χ1v) is 7.84. The highest BCUT2D eigenvalue weighted by Gasteiger charge is 2.17. The first kappa shape index (κ1) is 14.1. The Morgan fingerprint density at radius 1 is 1.22 bits per heavy atom. The van der Waals surface area contributed by atoms with Gasteiger partial charge in [0.2, 0.25) is 0 Å². The third-order valence-corrected chi connectivity index (χ3v) is 4.00. The van der Waals surface area contributed by atoms with E-state index in [0.717, 1.165) is 37.2 Å². The molecule has 2 aromatic heterocycles. The molecule has 0 spiro atoms. The van der Waals surface area contributed by atoms with Gasteiger partial charge in [-0.05, 0) is 18.4 Å². The van der Waals surface area contributed by atoms with Crippen LogP contribution in [-0.2, 0) is 11.3 Å². The van der Waals surface area contributed by atoms with E-state index in [2.05, 4.69) is 37.7 Å². The fraction of sp³-hybridized carbons (Fsp3) is 0.375. The largest absolute Gasteiger partial charge is 0.376 e. The summed E-state index contributed by atoms with van der Waals surface area (Å²) in [6.45, 7) is 2.22. The Morgan fingerprint density at radius 2 is 2.13 bits per heavy atom. The van der Waals surface area contributed by atoms with Crippen molar-refractivity contribution in [1.82, 2.24) is 25.0 Å². The molecule has 3 aromatic rings. The molecule has 0 aliphatic carbocycles. The number of nitrogens with zero attached hydrogens (tertiary/aromatic N) is 5. The second kappa shape index (κ2) is 6.29. The van der Waals surface area contributed by atoms with Crippen LogP contribution in [0.3, 0.4) is 0 Å². The van der Waals surface area contributed by atoms with Gasteiger partial charge in [-0.2, -0.15) is 0 Å². The van der Waals surface area contributed by atoms with Gasteiger partial charge >= 0.3 is 0 Å². The average Bonchev–Trinajstić information content (AvgIpc) is 3.24. The Bertz CT molecular complexity index is 782. The highest BCUT2D eigenvalue weighted by Crippen LogP contribution is 2.18. The van der Waals surface area contributed by atoms with E-state index in [4.69, 9.17) is 4.74 Å². The number of hydrogen-bond donors (Lipinski definition) is 1. The maximum atomic E-state index is 5.62. The molecule has 1 fully saturated rings. The summed E-state index contributed by atoms with van der Waals surface area (Å²) in [4.78, 5) is 8.63. The summed E-state index contributed by atoms with van der Waals surface area (Å²) in [5, 5.41) is 11.8. The number of anilines is 1. The van der Waals surface area contributed by atoms with Crippen molar-refractivity contribution in [3.8, 4) is 0 Å². The van der Waals surface area contributed by atoms with Gasteiger partial charge in [-0.15, -0.1) is 5.10 Å². The van der Waals surface area contributed by atoms with E-state index in [-0.39, 0.29) is 6.10 Å². The molecule has 1 saturated heterocycles. The fourth-order valence-electron chi connectivity index (χ4n) is 2.80. The van der Waals surface area contributed by atoms with Crippen LogP contribution in [0.2, 0.25) is 0 Å². The summed E-state index contributed by atoms with van der Waals surface area (Å²) in [5.74, 6) is 0.713. The summed E-state index contributed by atoms with van der Waals surface area (Å²) < 4.78 is 7.42. The van der Waals surface area contributed by atoms with E-state index in [1.54, 1.807) is 11.0 Å². The molecular formula is C16H18N6O. The van der Waals surface area contributed by atoms with E-state index in [1.165, 1.54) is 0 Å². The highest BCUT2D eigenvalue weighted by molar-refractivity contribution is 5.81. The summed E-state index contributed by atoms with van der Waals surface area (Å²) in [6, 6.07) is 10.1. The quantitative estimate of drug-likeness (QED) is 0.775. The molecule has 1 N–H and O–H groups in total. The molecule has 118 valence electrons. The SMILES string of the molecule is c1ccc(Cn2nnc3c(NC[C@H]4CCCO4)ncnc32)cc1. The number of hydrogen-bond acceptors (Lipinski definition) is 6. The average molecular weight is 310 g/mol. The zero-order valence-corrected chi connectivity index (χ0v) is 12.7. The normalized spacial score (nSPS) is 17.7. The van der Waals surface area contributed by atoms with Crippen LogP contribution in [0.25, 0.3) is 11.2 Å². The molecule has 3 heterocycles. The summed E-state index contributed by atoms with van der Waals surface area (Å²) in [6.07, 6.45) is 4.01. The second-order valence-corrected chi connectivity index (χ2v) is 5.64. The first-order valence-electron chi connectivity index (χ1n) is 7.84. The lowest BCUT2D eigenvalue weighted by molar-refractivity contribution is 0.120. The predicted octanol–water partition coefficient (Wildman–Crippen LogP) is 1.86. The molecule has 1 aliphatic heterocycles. The number of ether oxygens (including phenoxy) is 1. The number of aromatic nitrogens is 5. The predicted molar refractivity (Wildman–Crippen MR) is 86.1 cm³/mol. The molecule has 0 radical (unpaired) electrons. The summed E-state index contributed by atoms with van der Waals surface area (Å²) in [7, 11) is 0. The molecule has 0 unspecified atom stereocenters. The molecule has 7 heteroatoms. The van der Waals surface area contributed by atoms with Gasteiger partial charge in [0.1, 0.15) is 6.33 Å². The minimum atomic E-state index is 0.249. The molecule has 23 heavy (non-hydrogen) atoms. The topological polar surface area (TPSA) is 77.8 Å². The van der Waals surface area contributed by atoms with Crippen LogP contribution in [0.5, 0.6) is 0 Å². The van der Waals surface area contributed by atoms with Gasteiger partial charge in [0.05, 0.1) is 12.6 Å². The fourth-order valence-corrected chi connectivity index (χ4v) is 2.80. The van der Waals surface area contributed by atoms with Crippen LogP contribution in [0.1, 0.15) is 18.4 Å². The third kappa shape index (κ3) is 3.00. The van der Waals surface area contributed by atoms with E-state index >= 15 is 0 Å².